The Morgan fingerprint density at radius 3 is 2.78 bits per heavy atom. The Bertz CT molecular complexity index is 729. The number of carbonyl (C=O) groups excluding carboxylic acids is 1. The van der Waals surface area contributed by atoms with Gasteiger partial charge >= 0.3 is 0 Å². The molecular weight excluding hydrogens is 308 g/mol. The minimum absolute atomic E-state index is 0.0259. The molecule has 1 aliphatic rings. The zero-order valence-corrected chi connectivity index (χ0v) is 15.1. The Kier molecular flexibility index (Phi) is 4.53. The van der Waals surface area contributed by atoms with Gasteiger partial charge in [0.05, 0.1) is 22.9 Å². The van der Waals surface area contributed by atoms with Crippen LogP contribution in [-0.4, -0.2) is 20.7 Å². The number of hydrogen-bond donors (Lipinski definition) is 1. The van der Waals surface area contributed by atoms with E-state index in [1.165, 1.54) is 6.42 Å². The van der Waals surface area contributed by atoms with Crippen molar-refractivity contribution < 1.29 is 4.79 Å². The van der Waals surface area contributed by atoms with Gasteiger partial charge in [0.25, 0.3) is 5.91 Å². The molecule has 1 amide bonds. The normalized spacial score (nSPS) is 14.1. The number of thiazole rings is 1. The quantitative estimate of drug-likeness (QED) is 0.936. The first-order valence-electron chi connectivity index (χ1n) is 8.26. The summed E-state index contributed by atoms with van der Waals surface area (Å²) in [6.07, 6.45) is 4.26. The molecule has 5 nitrogen and oxygen atoms in total. The summed E-state index contributed by atoms with van der Waals surface area (Å²) in [6.45, 7) is 6.83. The summed E-state index contributed by atoms with van der Waals surface area (Å²) in [5, 5.41) is 8.70. The number of aryl methyl sites for hydroxylation is 3. The smallest absolute Gasteiger partial charge is 0.270 e. The predicted octanol–water partition coefficient (Wildman–Crippen LogP) is 3.12. The predicted molar refractivity (Wildman–Crippen MR) is 92.0 cm³/mol. The lowest BCUT2D eigenvalue weighted by Crippen LogP contribution is -2.26. The van der Waals surface area contributed by atoms with Crippen molar-refractivity contribution in [2.24, 2.45) is 7.05 Å². The molecule has 2 aromatic heterocycles. The molecule has 1 aliphatic carbocycles. The molecule has 0 fully saturated rings. The number of aromatic nitrogens is 3. The summed E-state index contributed by atoms with van der Waals surface area (Å²) in [5.41, 5.74) is 3.98. The SMILES string of the molecule is Cc1nc(C(C)C)sc1CNC(=O)c1c2c(nn1C)CCCC2. The lowest BCUT2D eigenvalue weighted by Gasteiger charge is -2.11. The van der Waals surface area contributed by atoms with Gasteiger partial charge in [-0.05, 0) is 32.6 Å². The molecule has 0 saturated heterocycles. The first-order chi connectivity index (χ1) is 11.0. The van der Waals surface area contributed by atoms with Gasteiger partial charge in [0, 0.05) is 23.4 Å². The minimum atomic E-state index is -0.0259. The first-order valence-corrected chi connectivity index (χ1v) is 9.08. The molecule has 0 spiro atoms. The van der Waals surface area contributed by atoms with Gasteiger partial charge in [-0.2, -0.15) is 5.10 Å². The van der Waals surface area contributed by atoms with Gasteiger partial charge in [-0.25, -0.2) is 4.98 Å². The minimum Gasteiger partial charge on any atom is -0.346 e. The molecule has 0 saturated carbocycles. The standard InChI is InChI=1S/C17H24N4OS/c1-10(2)17-19-11(3)14(23-17)9-18-16(22)15-12-7-5-6-8-13(12)20-21(15)4/h10H,5-9H2,1-4H3,(H,18,22). The maximum absolute atomic E-state index is 12.6. The van der Waals surface area contributed by atoms with E-state index in [0.29, 0.717) is 12.5 Å². The summed E-state index contributed by atoms with van der Waals surface area (Å²) in [6, 6.07) is 0. The van der Waals surface area contributed by atoms with Crippen molar-refractivity contribution >= 4 is 17.2 Å². The van der Waals surface area contributed by atoms with E-state index in [9.17, 15) is 4.79 Å². The van der Waals surface area contributed by atoms with Gasteiger partial charge in [-0.15, -0.1) is 11.3 Å². The maximum Gasteiger partial charge on any atom is 0.270 e. The molecule has 0 radical (unpaired) electrons. The van der Waals surface area contributed by atoms with Crippen molar-refractivity contribution in [2.75, 3.05) is 0 Å². The molecule has 0 atom stereocenters. The van der Waals surface area contributed by atoms with Crippen LogP contribution in [0.1, 0.15) is 69.9 Å². The second kappa shape index (κ2) is 6.43. The molecule has 2 aromatic rings. The third-order valence-electron chi connectivity index (χ3n) is 4.35. The highest BCUT2D eigenvalue weighted by Gasteiger charge is 2.24. The number of fused-ring (bicyclic) bond motifs is 1. The van der Waals surface area contributed by atoms with Gasteiger partial charge in [0.15, 0.2) is 0 Å². The number of amides is 1. The van der Waals surface area contributed by atoms with Gasteiger partial charge in [-0.1, -0.05) is 13.8 Å². The lowest BCUT2D eigenvalue weighted by atomic mass is 9.95. The van der Waals surface area contributed by atoms with Crippen LogP contribution in [-0.2, 0) is 26.4 Å². The van der Waals surface area contributed by atoms with Crippen LogP contribution in [0, 0.1) is 6.92 Å². The van der Waals surface area contributed by atoms with Crippen LogP contribution in [0.15, 0.2) is 0 Å². The fourth-order valence-electron chi connectivity index (χ4n) is 3.07. The van der Waals surface area contributed by atoms with Crippen molar-refractivity contribution in [1.29, 1.82) is 0 Å². The average molecular weight is 332 g/mol. The van der Waals surface area contributed by atoms with Crippen molar-refractivity contribution in [3.05, 3.63) is 32.5 Å². The molecule has 0 bridgehead atoms. The summed E-state index contributed by atoms with van der Waals surface area (Å²) < 4.78 is 1.74. The molecule has 3 rings (SSSR count). The summed E-state index contributed by atoms with van der Waals surface area (Å²) >= 11 is 1.69. The highest BCUT2D eigenvalue weighted by Crippen LogP contribution is 2.25. The largest absolute Gasteiger partial charge is 0.346 e. The van der Waals surface area contributed by atoms with Crippen LogP contribution in [0.5, 0.6) is 0 Å². The Morgan fingerprint density at radius 2 is 2.09 bits per heavy atom. The summed E-state index contributed by atoms with van der Waals surface area (Å²) in [4.78, 5) is 18.4. The molecule has 23 heavy (non-hydrogen) atoms. The van der Waals surface area contributed by atoms with Crippen LogP contribution in [0.3, 0.4) is 0 Å². The van der Waals surface area contributed by atoms with E-state index >= 15 is 0 Å². The van der Waals surface area contributed by atoms with Crippen LogP contribution in [0.4, 0.5) is 0 Å². The zero-order valence-electron chi connectivity index (χ0n) is 14.3. The number of rotatable bonds is 4. The number of carbonyl (C=O) groups is 1. The van der Waals surface area contributed by atoms with E-state index in [1.807, 2.05) is 14.0 Å². The van der Waals surface area contributed by atoms with Crippen LogP contribution < -0.4 is 5.32 Å². The summed E-state index contributed by atoms with van der Waals surface area (Å²) in [5.74, 6) is 0.397. The maximum atomic E-state index is 12.6. The highest BCUT2D eigenvalue weighted by atomic mass is 32.1. The fraction of sp³-hybridized carbons (Fsp3) is 0.588. The zero-order chi connectivity index (χ0) is 16.6. The topological polar surface area (TPSA) is 59.8 Å². The number of hydrogen-bond acceptors (Lipinski definition) is 4. The number of nitrogens with one attached hydrogen (secondary N) is 1. The van der Waals surface area contributed by atoms with Crippen molar-refractivity contribution in [2.45, 2.75) is 58.9 Å². The molecule has 0 aliphatic heterocycles. The van der Waals surface area contributed by atoms with E-state index in [4.69, 9.17) is 0 Å². The van der Waals surface area contributed by atoms with Crippen molar-refractivity contribution in [3.63, 3.8) is 0 Å². The van der Waals surface area contributed by atoms with Gasteiger partial charge in [0.1, 0.15) is 5.69 Å². The molecule has 2 heterocycles. The Labute approximate surface area is 141 Å². The molecule has 0 unspecified atom stereocenters. The Hall–Kier alpha value is -1.69. The molecular formula is C17H24N4OS. The molecule has 1 N–H and O–H groups in total. The second-order valence-corrected chi connectivity index (χ2v) is 7.62. The van der Waals surface area contributed by atoms with Gasteiger partial charge in [-0.3, -0.25) is 9.48 Å². The number of nitrogens with zero attached hydrogens (tertiary/aromatic N) is 3. The monoisotopic (exact) mass is 332 g/mol. The fourth-order valence-corrected chi connectivity index (χ4v) is 4.08. The van der Waals surface area contributed by atoms with Gasteiger partial charge < -0.3 is 5.32 Å². The van der Waals surface area contributed by atoms with E-state index < -0.39 is 0 Å². The van der Waals surface area contributed by atoms with Crippen molar-refractivity contribution in [1.82, 2.24) is 20.1 Å². The van der Waals surface area contributed by atoms with Crippen LogP contribution in [0.25, 0.3) is 0 Å². The Morgan fingerprint density at radius 1 is 1.35 bits per heavy atom. The van der Waals surface area contributed by atoms with E-state index in [0.717, 1.165) is 51.8 Å². The third-order valence-corrected chi connectivity index (χ3v) is 5.80. The second-order valence-electron chi connectivity index (χ2n) is 6.50. The highest BCUT2D eigenvalue weighted by molar-refractivity contribution is 7.11. The van der Waals surface area contributed by atoms with Crippen LogP contribution >= 0.6 is 11.3 Å². The first kappa shape index (κ1) is 16.2. The summed E-state index contributed by atoms with van der Waals surface area (Å²) in [7, 11) is 1.86. The molecule has 6 heteroatoms. The Balaban J connectivity index is 1.74. The van der Waals surface area contributed by atoms with Crippen molar-refractivity contribution in [3.8, 4) is 0 Å². The van der Waals surface area contributed by atoms with Crippen LogP contribution in [0.2, 0.25) is 0 Å². The van der Waals surface area contributed by atoms with E-state index in [2.05, 4.69) is 29.2 Å². The third kappa shape index (κ3) is 3.17. The van der Waals surface area contributed by atoms with Gasteiger partial charge in [0.2, 0.25) is 0 Å². The molecule has 0 aromatic carbocycles. The van der Waals surface area contributed by atoms with E-state index in [1.54, 1.807) is 16.0 Å². The lowest BCUT2D eigenvalue weighted by molar-refractivity contribution is 0.0940. The molecule has 124 valence electrons. The average Bonchev–Trinajstić information content (AvgIpc) is 3.04. The van der Waals surface area contributed by atoms with E-state index in [-0.39, 0.29) is 5.91 Å².